The largest absolute Gasteiger partial charge is 0.501 e. The fourth-order valence-electron chi connectivity index (χ4n) is 2.26. The molecule has 5 N–H and O–H groups in total. The highest BCUT2D eigenvalue weighted by atomic mass is 19.1. The van der Waals surface area contributed by atoms with Gasteiger partial charge in [0.1, 0.15) is 11.7 Å². The number of nitrogens with two attached hydrogens (primary N) is 1. The molecule has 1 unspecified atom stereocenters. The fraction of sp³-hybridized carbons (Fsp3) is 0.438. The fourth-order valence-corrected chi connectivity index (χ4v) is 2.26. The average Bonchev–Trinajstić information content (AvgIpc) is 2.49. The van der Waals surface area contributed by atoms with Crippen LogP contribution in [-0.4, -0.2) is 27.5 Å². The Morgan fingerprint density at radius 3 is 2.79 bits per heavy atom. The Morgan fingerprint density at radius 2 is 2.21 bits per heavy atom. The zero-order valence-electron chi connectivity index (χ0n) is 13.8. The van der Waals surface area contributed by atoms with Crippen LogP contribution in [0.5, 0.6) is 5.75 Å². The van der Waals surface area contributed by atoms with Crippen LogP contribution in [0.4, 0.5) is 4.39 Å². The lowest BCUT2D eigenvalue weighted by Crippen LogP contribution is -2.36. The maximum absolute atomic E-state index is 13.3. The molecule has 1 aliphatic rings. The SMILES string of the molecule is CC1CC(CNC(=O)c2nc(C(C)(C)N)[nH]c(=O)c2O)=CC=C1F. The number of aromatic amines is 1. The molecule has 7 nitrogen and oxygen atoms in total. The van der Waals surface area contributed by atoms with Crippen LogP contribution in [-0.2, 0) is 5.54 Å². The Hall–Kier alpha value is -2.48. The van der Waals surface area contributed by atoms with Crippen molar-refractivity contribution in [1.82, 2.24) is 15.3 Å². The zero-order valence-corrected chi connectivity index (χ0v) is 13.8. The third-order valence-corrected chi connectivity index (χ3v) is 3.71. The van der Waals surface area contributed by atoms with E-state index in [0.717, 1.165) is 5.57 Å². The van der Waals surface area contributed by atoms with Crippen molar-refractivity contribution in [2.45, 2.75) is 32.7 Å². The number of aromatic hydroxyl groups is 1. The molecule has 1 atom stereocenters. The number of carbonyl (C=O) groups is 1. The van der Waals surface area contributed by atoms with E-state index >= 15 is 0 Å². The summed E-state index contributed by atoms with van der Waals surface area (Å²) in [5.41, 5.74) is 4.50. The van der Waals surface area contributed by atoms with Crippen molar-refractivity contribution in [1.29, 1.82) is 0 Å². The Bertz CT molecular complexity index is 775. The minimum Gasteiger partial charge on any atom is -0.501 e. The Labute approximate surface area is 138 Å². The van der Waals surface area contributed by atoms with E-state index in [-0.39, 0.29) is 24.1 Å². The van der Waals surface area contributed by atoms with Crippen molar-refractivity contribution in [3.05, 3.63) is 45.4 Å². The lowest BCUT2D eigenvalue weighted by atomic mass is 9.95. The molecule has 0 saturated heterocycles. The van der Waals surface area contributed by atoms with Gasteiger partial charge in [0.25, 0.3) is 11.5 Å². The van der Waals surface area contributed by atoms with E-state index < -0.39 is 28.4 Å². The first kappa shape index (κ1) is 17.9. The second-order valence-corrected chi connectivity index (χ2v) is 6.50. The van der Waals surface area contributed by atoms with Gasteiger partial charge >= 0.3 is 0 Å². The van der Waals surface area contributed by atoms with Crippen LogP contribution >= 0.6 is 0 Å². The third kappa shape index (κ3) is 3.88. The molecule has 1 heterocycles. The molecule has 8 heteroatoms. The average molecular weight is 336 g/mol. The summed E-state index contributed by atoms with van der Waals surface area (Å²) >= 11 is 0. The molecule has 24 heavy (non-hydrogen) atoms. The molecule has 1 aliphatic carbocycles. The van der Waals surface area contributed by atoms with Crippen LogP contribution in [0.3, 0.4) is 0 Å². The predicted octanol–water partition coefficient (Wildman–Crippen LogP) is 1.22. The maximum Gasteiger partial charge on any atom is 0.293 e. The van der Waals surface area contributed by atoms with Gasteiger partial charge in [-0.1, -0.05) is 18.6 Å². The molecule has 0 saturated carbocycles. The molecule has 1 amide bonds. The van der Waals surface area contributed by atoms with Crippen LogP contribution in [0, 0.1) is 5.92 Å². The minimum absolute atomic E-state index is 0.0889. The normalized spacial score (nSPS) is 18.0. The number of H-pyrrole nitrogens is 1. The van der Waals surface area contributed by atoms with Gasteiger partial charge < -0.3 is 21.1 Å². The lowest BCUT2D eigenvalue weighted by Gasteiger charge is -2.19. The summed E-state index contributed by atoms with van der Waals surface area (Å²) in [7, 11) is 0. The summed E-state index contributed by atoms with van der Waals surface area (Å²) in [4.78, 5) is 30.3. The summed E-state index contributed by atoms with van der Waals surface area (Å²) in [5, 5.41) is 12.4. The monoisotopic (exact) mass is 336 g/mol. The van der Waals surface area contributed by atoms with Gasteiger partial charge in [0.2, 0.25) is 5.75 Å². The standard InChI is InChI=1S/C16H21FN4O3/c1-8-6-9(4-5-10(8)17)7-19-13(23)11-12(22)14(24)21-15(20-11)16(2,3)18/h4-5,8,22H,6-7,18H2,1-3H3,(H,19,23)(H,20,21,24). The maximum atomic E-state index is 13.3. The Morgan fingerprint density at radius 1 is 1.54 bits per heavy atom. The quantitative estimate of drug-likeness (QED) is 0.659. The van der Waals surface area contributed by atoms with Gasteiger partial charge in [-0.3, -0.25) is 9.59 Å². The lowest BCUT2D eigenvalue weighted by molar-refractivity contribution is 0.0947. The Balaban J connectivity index is 2.19. The molecule has 0 spiro atoms. The number of amides is 1. The van der Waals surface area contributed by atoms with Crippen molar-refractivity contribution in [2.24, 2.45) is 11.7 Å². The van der Waals surface area contributed by atoms with E-state index in [1.54, 1.807) is 26.8 Å². The molecule has 0 bridgehead atoms. The van der Waals surface area contributed by atoms with Gasteiger partial charge in [-0.25, -0.2) is 9.37 Å². The number of halogens is 1. The van der Waals surface area contributed by atoms with E-state index in [1.165, 1.54) is 6.08 Å². The number of carbonyl (C=O) groups excluding carboxylic acids is 1. The summed E-state index contributed by atoms with van der Waals surface area (Å²) in [6.45, 7) is 5.14. The van der Waals surface area contributed by atoms with E-state index in [0.29, 0.717) is 6.42 Å². The number of nitrogens with one attached hydrogen (secondary N) is 2. The molecule has 0 aliphatic heterocycles. The second-order valence-electron chi connectivity index (χ2n) is 6.50. The summed E-state index contributed by atoms with van der Waals surface area (Å²) < 4.78 is 13.3. The predicted molar refractivity (Wildman–Crippen MR) is 87.1 cm³/mol. The van der Waals surface area contributed by atoms with Crippen molar-refractivity contribution in [3.63, 3.8) is 0 Å². The van der Waals surface area contributed by atoms with Crippen LogP contribution in [0.15, 0.2) is 28.3 Å². The number of hydrogen-bond acceptors (Lipinski definition) is 5. The van der Waals surface area contributed by atoms with Gasteiger partial charge in [-0.2, -0.15) is 0 Å². The van der Waals surface area contributed by atoms with Crippen LogP contribution in [0.25, 0.3) is 0 Å². The third-order valence-electron chi connectivity index (χ3n) is 3.71. The van der Waals surface area contributed by atoms with Gasteiger partial charge in [0, 0.05) is 12.5 Å². The highest BCUT2D eigenvalue weighted by molar-refractivity contribution is 5.94. The summed E-state index contributed by atoms with van der Waals surface area (Å²) in [5.74, 6) is -1.82. The van der Waals surface area contributed by atoms with Gasteiger partial charge in [-0.05, 0) is 26.3 Å². The second kappa shape index (κ2) is 6.56. The molecular formula is C16H21FN4O3. The summed E-state index contributed by atoms with van der Waals surface area (Å²) in [6.07, 6.45) is 3.46. The smallest absolute Gasteiger partial charge is 0.293 e. The molecular weight excluding hydrogens is 315 g/mol. The topological polar surface area (TPSA) is 121 Å². The summed E-state index contributed by atoms with van der Waals surface area (Å²) in [6, 6.07) is 0. The van der Waals surface area contributed by atoms with Crippen LogP contribution < -0.4 is 16.6 Å². The number of aromatic nitrogens is 2. The van der Waals surface area contributed by atoms with Crippen molar-refractivity contribution in [3.8, 4) is 5.75 Å². The molecule has 0 fully saturated rings. The Kier molecular flexibility index (Phi) is 4.88. The zero-order chi connectivity index (χ0) is 18.1. The molecule has 1 aromatic rings. The van der Waals surface area contributed by atoms with Gasteiger partial charge in [-0.15, -0.1) is 0 Å². The number of nitrogens with zero attached hydrogens (tertiary/aromatic N) is 1. The van der Waals surface area contributed by atoms with E-state index in [2.05, 4.69) is 15.3 Å². The van der Waals surface area contributed by atoms with E-state index in [1.807, 2.05) is 0 Å². The number of allylic oxidation sites excluding steroid dienone is 3. The van der Waals surface area contributed by atoms with Crippen molar-refractivity contribution in [2.75, 3.05) is 6.54 Å². The van der Waals surface area contributed by atoms with Gasteiger partial charge in [0.05, 0.1) is 5.54 Å². The van der Waals surface area contributed by atoms with Gasteiger partial charge in [0.15, 0.2) is 5.69 Å². The molecule has 0 radical (unpaired) electrons. The first-order chi connectivity index (χ1) is 11.1. The van der Waals surface area contributed by atoms with Crippen LogP contribution in [0.1, 0.15) is 43.5 Å². The molecule has 1 aromatic heterocycles. The highest BCUT2D eigenvalue weighted by Crippen LogP contribution is 2.25. The van der Waals surface area contributed by atoms with E-state index in [9.17, 15) is 19.1 Å². The number of rotatable bonds is 4. The van der Waals surface area contributed by atoms with E-state index in [4.69, 9.17) is 5.73 Å². The molecule has 2 rings (SSSR count). The minimum atomic E-state index is -0.981. The molecule has 130 valence electrons. The first-order valence-corrected chi connectivity index (χ1v) is 7.55. The van der Waals surface area contributed by atoms with Crippen molar-refractivity contribution < 1.29 is 14.3 Å². The first-order valence-electron chi connectivity index (χ1n) is 7.55. The number of hydrogen-bond donors (Lipinski definition) is 4. The van der Waals surface area contributed by atoms with Crippen molar-refractivity contribution >= 4 is 5.91 Å². The molecule has 0 aromatic carbocycles. The van der Waals surface area contributed by atoms with Crippen LogP contribution in [0.2, 0.25) is 0 Å². The highest BCUT2D eigenvalue weighted by Gasteiger charge is 2.24.